The second-order valence-corrected chi connectivity index (χ2v) is 8.49. The molecule has 170 valence electrons. The first-order valence-corrected chi connectivity index (χ1v) is 11.2. The van der Waals surface area contributed by atoms with Crippen LogP contribution in [0.2, 0.25) is 0 Å². The monoisotopic (exact) mass is 438 g/mol. The quantitative estimate of drug-likeness (QED) is 0.689. The van der Waals surface area contributed by atoms with E-state index in [4.69, 9.17) is 14.2 Å². The Morgan fingerprint density at radius 3 is 2.50 bits per heavy atom. The third-order valence-electron chi connectivity index (χ3n) is 6.26. The van der Waals surface area contributed by atoms with Gasteiger partial charge in [-0.25, -0.2) is 4.79 Å². The fourth-order valence-electron chi connectivity index (χ4n) is 4.41. The van der Waals surface area contributed by atoms with Crippen LogP contribution in [0.5, 0.6) is 11.5 Å². The summed E-state index contributed by atoms with van der Waals surface area (Å²) in [5.74, 6) is 1.30. The molecule has 2 aromatic rings. The normalized spacial score (nSPS) is 17.3. The van der Waals surface area contributed by atoms with Gasteiger partial charge >= 0.3 is 6.09 Å². The van der Waals surface area contributed by atoms with Crippen LogP contribution >= 0.6 is 0 Å². The van der Waals surface area contributed by atoms with Crippen LogP contribution in [0.3, 0.4) is 0 Å². The van der Waals surface area contributed by atoms with Crippen LogP contribution < -0.4 is 20.1 Å². The number of rotatable bonds is 7. The molecule has 1 heterocycles. The van der Waals surface area contributed by atoms with E-state index in [2.05, 4.69) is 22.8 Å². The highest BCUT2D eigenvalue weighted by atomic mass is 16.6. The van der Waals surface area contributed by atoms with Gasteiger partial charge in [0.1, 0.15) is 25.9 Å². The second-order valence-electron chi connectivity index (χ2n) is 8.49. The van der Waals surface area contributed by atoms with E-state index in [-0.39, 0.29) is 17.9 Å². The highest BCUT2D eigenvalue weighted by Gasteiger charge is 2.37. The maximum absolute atomic E-state index is 12.7. The molecule has 7 heteroatoms. The van der Waals surface area contributed by atoms with Crippen LogP contribution in [-0.4, -0.2) is 37.8 Å². The van der Waals surface area contributed by atoms with Crippen molar-refractivity contribution in [3.05, 3.63) is 59.7 Å². The van der Waals surface area contributed by atoms with E-state index in [0.29, 0.717) is 19.8 Å². The number of alkyl carbamates (subject to hydrolysis) is 1. The van der Waals surface area contributed by atoms with Gasteiger partial charge in [-0.1, -0.05) is 49.2 Å². The van der Waals surface area contributed by atoms with Crippen LogP contribution in [0, 0.1) is 0 Å². The average molecular weight is 439 g/mol. The molecule has 4 rings (SSSR count). The Hall–Kier alpha value is -3.22. The molecule has 1 saturated carbocycles. The van der Waals surface area contributed by atoms with Crippen molar-refractivity contribution in [3.8, 4) is 11.5 Å². The van der Waals surface area contributed by atoms with Gasteiger partial charge in [0.05, 0.1) is 0 Å². The van der Waals surface area contributed by atoms with Crippen molar-refractivity contribution in [1.29, 1.82) is 0 Å². The number of hydrogen-bond donors (Lipinski definition) is 2. The molecule has 0 aromatic heterocycles. The first kappa shape index (κ1) is 22.0. The summed E-state index contributed by atoms with van der Waals surface area (Å²) in [6.45, 7) is 3.44. The molecule has 1 aliphatic carbocycles. The smallest absolute Gasteiger partial charge is 0.408 e. The Kier molecular flexibility index (Phi) is 6.83. The summed E-state index contributed by atoms with van der Waals surface area (Å²) in [5.41, 5.74) is 1.91. The van der Waals surface area contributed by atoms with Crippen molar-refractivity contribution in [1.82, 2.24) is 10.6 Å². The Bertz CT molecular complexity index is 941. The van der Waals surface area contributed by atoms with E-state index in [1.54, 1.807) is 6.92 Å². The Morgan fingerprint density at radius 2 is 1.75 bits per heavy atom. The molecule has 2 N–H and O–H groups in total. The highest BCUT2D eigenvalue weighted by molar-refractivity contribution is 5.85. The van der Waals surface area contributed by atoms with Crippen LogP contribution in [0.25, 0.3) is 0 Å². The number of benzene rings is 2. The largest absolute Gasteiger partial charge is 0.486 e. The zero-order valence-corrected chi connectivity index (χ0v) is 18.4. The van der Waals surface area contributed by atoms with Crippen molar-refractivity contribution >= 4 is 12.0 Å². The van der Waals surface area contributed by atoms with Crippen molar-refractivity contribution in [2.45, 2.75) is 50.7 Å². The maximum Gasteiger partial charge on any atom is 0.408 e. The minimum Gasteiger partial charge on any atom is -0.486 e. The van der Waals surface area contributed by atoms with E-state index in [1.807, 2.05) is 36.4 Å². The predicted octanol–water partition coefficient (Wildman–Crippen LogP) is 3.70. The van der Waals surface area contributed by atoms with Gasteiger partial charge in [-0.2, -0.15) is 0 Å². The molecule has 1 fully saturated rings. The summed E-state index contributed by atoms with van der Waals surface area (Å²) in [6.07, 6.45) is 3.61. The number of carbonyl (C=O) groups is 2. The van der Waals surface area contributed by atoms with E-state index in [1.165, 1.54) is 0 Å². The second kappa shape index (κ2) is 9.94. The van der Waals surface area contributed by atoms with Gasteiger partial charge in [0.15, 0.2) is 11.5 Å². The molecule has 2 aliphatic rings. The van der Waals surface area contributed by atoms with Gasteiger partial charge < -0.3 is 24.8 Å². The van der Waals surface area contributed by atoms with Gasteiger partial charge in [-0.3, -0.25) is 4.79 Å². The fourth-order valence-corrected chi connectivity index (χ4v) is 4.41. The summed E-state index contributed by atoms with van der Waals surface area (Å²) < 4.78 is 16.6. The van der Waals surface area contributed by atoms with Crippen molar-refractivity contribution in [2.24, 2.45) is 0 Å². The first-order chi connectivity index (χ1) is 15.6. The number of amides is 2. The number of fused-ring (bicyclic) bond motifs is 1. The van der Waals surface area contributed by atoms with Crippen LogP contribution in [0.15, 0.2) is 48.5 Å². The van der Waals surface area contributed by atoms with Crippen molar-refractivity contribution < 1.29 is 23.8 Å². The fraction of sp³-hybridized carbons (Fsp3) is 0.440. The molecule has 7 nitrogen and oxygen atoms in total. The zero-order valence-electron chi connectivity index (χ0n) is 18.4. The molecule has 0 bridgehead atoms. The van der Waals surface area contributed by atoms with Crippen LogP contribution in [0.1, 0.15) is 43.7 Å². The molecule has 1 atom stereocenters. The summed E-state index contributed by atoms with van der Waals surface area (Å²) in [6, 6.07) is 14.8. The number of ether oxygens (including phenoxy) is 3. The van der Waals surface area contributed by atoms with E-state index < -0.39 is 12.1 Å². The van der Waals surface area contributed by atoms with E-state index >= 15 is 0 Å². The summed E-state index contributed by atoms with van der Waals surface area (Å²) >= 11 is 0. The molecule has 0 saturated heterocycles. The van der Waals surface area contributed by atoms with Crippen LogP contribution in [0.4, 0.5) is 4.79 Å². The topological polar surface area (TPSA) is 85.9 Å². The molecule has 0 unspecified atom stereocenters. The standard InChI is InChI=1S/C25H30N2O5/c1-18(27-24(29)32-16-19-7-3-2-4-8-19)23(28)26-17-25(11-5-6-12-25)20-9-10-21-22(15-20)31-14-13-30-21/h2-4,7-10,15,18H,5-6,11-14,16-17H2,1H3,(H,26,28)(H,27,29)/t18-/m1/s1. The molecule has 0 spiro atoms. The molecule has 2 aromatic carbocycles. The van der Waals surface area contributed by atoms with Crippen molar-refractivity contribution in [2.75, 3.05) is 19.8 Å². The lowest BCUT2D eigenvalue weighted by molar-refractivity contribution is -0.122. The molecular weight excluding hydrogens is 408 g/mol. The van der Waals surface area contributed by atoms with Gasteiger partial charge in [-0.15, -0.1) is 0 Å². The lowest BCUT2D eigenvalue weighted by Crippen LogP contribution is -2.48. The average Bonchev–Trinajstić information content (AvgIpc) is 3.32. The maximum atomic E-state index is 12.7. The molecular formula is C25H30N2O5. The molecule has 1 aliphatic heterocycles. The first-order valence-electron chi connectivity index (χ1n) is 11.2. The summed E-state index contributed by atoms with van der Waals surface area (Å²) in [4.78, 5) is 24.8. The van der Waals surface area contributed by atoms with Gasteiger partial charge in [-0.05, 0) is 43.0 Å². The van der Waals surface area contributed by atoms with E-state index in [0.717, 1.165) is 48.3 Å². The third-order valence-corrected chi connectivity index (χ3v) is 6.26. The van der Waals surface area contributed by atoms with Crippen LogP contribution in [-0.2, 0) is 21.6 Å². The summed E-state index contributed by atoms with van der Waals surface area (Å²) in [7, 11) is 0. The lowest BCUT2D eigenvalue weighted by Gasteiger charge is -2.31. The number of nitrogens with one attached hydrogen (secondary N) is 2. The minimum absolute atomic E-state index is 0.140. The lowest BCUT2D eigenvalue weighted by atomic mass is 9.78. The SMILES string of the molecule is C[C@@H](NC(=O)OCc1ccccc1)C(=O)NCC1(c2ccc3c(c2)OCCO3)CCCC1. The van der Waals surface area contributed by atoms with E-state index in [9.17, 15) is 9.59 Å². The Labute approximate surface area is 188 Å². The van der Waals surface area contributed by atoms with Crippen molar-refractivity contribution in [3.63, 3.8) is 0 Å². The Morgan fingerprint density at radius 1 is 1.03 bits per heavy atom. The molecule has 32 heavy (non-hydrogen) atoms. The number of carbonyl (C=O) groups excluding carboxylic acids is 2. The minimum atomic E-state index is -0.697. The number of hydrogen-bond acceptors (Lipinski definition) is 5. The van der Waals surface area contributed by atoms with Gasteiger partial charge in [0, 0.05) is 12.0 Å². The summed E-state index contributed by atoms with van der Waals surface area (Å²) in [5, 5.41) is 5.65. The van der Waals surface area contributed by atoms with Gasteiger partial charge in [0.2, 0.25) is 5.91 Å². The third kappa shape index (κ3) is 5.15. The highest BCUT2D eigenvalue weighted by Crippen LogP contribution is 2.43. The molecule has 0 radical (unpaired) electrons. The zero-order chi connectivity index (χ0) is 22.4. The Balaban J connectivity index is 1.32. The van der Waals surface area contributed by atoms with Gasteiger partial charge in [0.25, 0.3) is 0 Å². The molecule has 2 amide bonds. The predicted molar refractivity (Wildman–Crippen MR) is 120 cm³/mol.